The summed E-state index contributed by atoms with van der Waals surface area (Å²) in [6.45, 7) is 5.04. The Morgan fingerprint density at radius 3 is 2.89 bits per heavy atom. The average Bonchev–Trinajstić information content (AvgIpc) is 1.99. The van der Waals surface area contributed by atoms with Gasteiger partial charge in [0.15, 0.2) is 0 Å². The van der Waals surface area contributed by atoms with Crippen LogP contribution in [0.2, 0.25) is 0 Å². The van der Waals surface area contributed by atoms with Crippen LogP contribution < -0.4 is 0 Å². The second kappa shape index (κ2) is 2.76. The van der Waals surface area contributed by atoms with Gasteiger partial charge in [-0.25, -0.2) is 0 Å². The maximum Gasteiger partial charge on any atom is 0.0606 e. The number of rotatable bonds is 0. The number of hydrogen-bond donors (Lipinski definition) is 0. The van der Waals surface area contributed by atoms with Crippen molar-refractivity contribution in [1.82, 2.24) is 0 Å². The van der Waals surface area contributed by atoms with Crippen LogP contribution in [-0.2, 0) is 0 Å². The monoisotopic (exact) mass is 124 g/mol. The fraction of sp³-hybridized carbons (Fsp3) is 0.714. The summed E-state index contributed by atoms with van der Waals surface area (Å²) in [5, 5.41) is 7.98. The summed E-state index contributed by atoms with van der Waals surface area (Å²) in [7, 11) is 0. The molecule has 0 amide bonds. The Morgan fingerprint density at radius 2 is 2.11 bits per heavy atom. The molecule has 0 aromatic carbocycles. The summed E-state index contributed by atoms with van der Waals surface area (Å²) in [5.74, 6) is 0. The van der Waals surface area contributed by atoms with E-state index in [1.54, 1.807) is 0 Å². The first-order chi connectivity index (χ1) is 4.30. The minimum absolute atomic E-state index is 0.898. The first-order valence-corrected chi connectivity index (χ1v) is 3.34. The third-order valence-corrected chi connectivity index (χ3v) is 1.65. The maximum atomic E-state index is 4.01. The van der Waals surface area contributed by atoms with Gasteiger partial charge in [0.1, 0.15) is 0 Å². The fourth-order valence-corrected chi connectivity index (χ4v) is 0.837. The summed E-state index contributed by atoms with van der Waals surface area (Å²) in [6, 6.07) is 0. The average molecular weight is 124 g/mol. The quantitative estimate of drug-likeness (QED) is 0.474. The summed E-state index contributed by atoms with van der Waals surface area (Å²) in [5.41, 5.74) is 2.49. The molecule has 0 spiro atoms. The number of nitrogens with zero attached hydrogens (tertiary/aromatic N) is 2. The first kappa shape index (κ1) is 6.46. The third-order valence-electron chi connectivity index (χ3n) is 1.65. The van der Waals surface area contributed by atoms with Gasteiger partial charge in [-0.3, -0.25) is 0 Å². The van der Waals surface area contributed by atoms with Crippen molar-refractivity contribution < 1.29 is 0 Å². The second-order valence-electron chi connectivity index (χ2n) is 2.43. The maximum absolute atomic E-state index is 4.01. The van der Waals surface area contributed by atoms with Gasteiger partial charge in [-0.15, -0.1) is 0 Å². The SMILES string of the molecule is CC1=C(C)N=NCCC1. The molecule has 1 rings (SSSR count). The van der Waals surface area contributed by atoms with Crippen molar-refractivity contribution in [3.8, 4) is 0 Å². The molecule has 0 saturated heterocycles. The highest BCUT2D eigenvalue weighted by atomic mass is 15.1. The van der Waals surface area contributed by atoms with E-state index in [4.69, 9.17) is 0 Å². The Kier molecular flexibility index (Phi) is 1.98. The topological polar surface area (TPSA) is 24.7 Å². The summed E-state index contributed by atoms with van der Waals surface area (Å²) < 4.78 is 0. The van der Waals surface area contributed by atoms with E-state index in [1.807, 2.05) is 6.92 Å². The number of hydrogen-bond acceptors (Lipinski definition) is 2. The molecule has 0 unspecified atom stereocenters. The lowest BCUT2D eigenvalue weighted by atomic mass is 10.1. The van der Waals surface area contributed by atoms with Crippen molar-refractivity contribution in [3.05, 3.63) is 11.3 Å². The van der Waals surface area contributed by atoms with Gasteiger partial charge in [0.2, 0.25) is 0 Å². The van der Waals surface area contributed by atoms with E-state index in [0.29, 0.717) is 0 Å². The zero-order valence-corrected chi connectivity index (χ0v) is 6.02. The molecule has 0 radical (unpaired) electrons. The molecule has 50 valence electrons. The highest BCUT2D eigenvalue weighted by Crippen LogP contribution is 2.14. The molecule has 1 aliphatic heterocycles. The van der Waals surface area contributed by atoms with Crippen LogP contribution in [0, 0.1) is 0 Å². The van der Waals surface area contributed by atoms with Crippen molar-refractivity contribution in [2.45, 2.75) is 26.7 Å². The molecule has 0 N–H and O–H groups in total. The van der Waals surface area contributed by atoms with Crippen molar-refractivity contribution in [3.63, 3.8) is 0 Å². The van der Waals surface area contributed by atoms with E-state index in [0.717, 1.165) is 18.7 Å². The lowest BCUT2D eigenvalue weighted by Crippen LogP contribution is -1.79. The van der Waals surface area contributed by atoms with Crippen LogP contribution >= 0.6 is 0 Å². The molecule has 0 saturated carbocycles. The lowest BCUT2D eigenvalue weighted by Gasteiger charge is -1.94. The van der Waals surface area contributed by atoms with Gasteiger partial charge in [-0.2, -0.15) is 10.2 Å². The predicted octanol–water partition coefficient (Wildman–Crippen LogP) is 2.53. The molecule has 0 atom stereocenters. The van der Waals surface area contributed by atoms with Crippen LogP contribution in [0.5, 0.6) is 0 Å². The lowest BCUT2D eigenvalue weighted by molar-refractivity contribution is 0.819. The van der Waals surface area contributed by atoms with E-state index in [1.165, 1.54) is 12.0 Å². The van der Waals surface area contributed by atoms with Crippen LogP contribution in [0.15, 0.2) is 21.5 Å². The zero-order valence-electron chi connectivity index (χ0n) is 6.02. The summed E-state index contributed by atoms with van der Waals surface area (Å²) in [6.07, 6.45) is 2.32. The largest absolute Gasteiger partial charge is 0.189 e. The van der Waals surface area contributed by atoms with Gasteiger partial charge in [0.25, 0.3) is 0 Å². The molecule has 0 aliphatic carbocycles. The zero-order chi connectivity index (χ0) is 6.69. The Hall–Kier alpha value is -0.660. The molecular weight excluding hydrogens is 112 g/mol. The van der Waals surface area contributed by atoms with Gasteiger partial charge in [0, 0.05) is 0 Å². The highest BCUT2D eigenvalue weighted by Gasteiger charge is 1.98. The minimum Gasteiger partial charge on any atom is -0.189 e. The van der Waals surface area contributed by atoms with Gasteiger partial charge >= 0.3 is 0 Å². The van der Waals surface area contributed by atoms with E-state index in [2.05, 4.69) is 17.2 Å². The van der Waals surface area contributed by atoms with Crippen molar-refractivity contribution >= 4 is 0 Å². The molecule has 1 aliphatic rings. The third kappa shape index (κ3) is 1.63. The van der Waals surface area contributed by atoms with Gasteiger partial charge in [0.05, 0.1) is 12.2 Å². The van der Waals surface area contributed by atoms with Crippen molar-refractivity contribution in [2.75, 3.05) is 6.54 Å². The van der Waals surface area contributed by atoms with Gasteiger partial charge in [-0.1, -0.05) is 5.57 Å². The Balaban J connectivity index is 2.72. The normalized spacial score (nSPS) is 20.2. The molecule has 2 nitrogen and oxygen atoms in total. The van der Waals surface area contributed by atoms with Crippen LogP contribution in [0.25, 0.3) is 0 Å². The Labute approximate surface area is 55.7 Å². The molecule has 1 heterocycles. The molecule has 0 aromatic heterocycles. The van der Waals surface area contributed by atoms with Crippen molar-refractivity contribution in [1.29, 1.82) is 0 Å². The van der Waals surface area contributed by atoms with Gasteiger partial charge in [-0.05, 0) is 26.7 Å². The van der Waals surface area contributed by atoms with E-state index < -0.39 is 0 Å². The summed E-state index contributed by atoms with van der Waals surface area (Å²) >= 11 is 0. The fourth-order valence-electron chi connectivity index (χ4n) is 0.837. The standard InChI is InChI=1S/C7H12N2/c1-6-4-3-5-8-9-7(6)2/h3-5H2,1-2H3. The molecule has 0 bridgehead atoms. The van der Waals surface area contributed by atoms with Crippen LogP contribution in [0.3, 0.4) is 0 Å². The minimum atomic E-state index is 0.898. The number of azo groups is 1. The smallest absolute Gasteiger partial charge is 0.0606 e. The predicted molar refractivity (Wildman–Crippen MR) is 37.3 cm³/mol. The first-order valence-electron chi connectivity index (χ1n) is 3.34. The second-order valence-corrected chi connectivity index (χ2v) is 2.43. The molecule has 9 heavy (non-hydrogen) atoms. The molecular formula is C7H12N2. The van der Waals surface area contributed by atoms with E-state index in [9.17, 15) is 0 Å². The molecule has 0 fully saturated rings. The Bertz CT molecular complexity index is 156. The van der Waals surface area contributed by atoms with Crippen LogP contribution in [-0.4, -0.2) is 6.54 Å². The summed E-state index contributed by atoms with van der Waals surface area (Å²) in [4.78, 5) is 0. The van der Waals surface area contributed by atoms with Crippen LogP contribution in [0.4, 0.5) is 0 Å². The molecule has 0 aromatic rings. The van der Waals surface area contributed by atoms with Crippen molar-refractivity contribution in [2.24, 2.45) is 10.2 Å². The van der Waals surface area contributed by atoms with Crippen LogP contribution in [0.1, 0.15) is 26.7 Å². The highest BCUT2D eigenvalue weighted by molar-refractivity contribution is 5.08. The number of allylic oxidation sites excluding steroid dienone is 2. The Morgan fingerprint density at radius 1 is 1.33 bits per heavy atom. The molecule has 2 heteroatoms. The van der Waals surface area contributed by atoms with E-state index in [-0.39, 0.29) is 0 Å². The van der Waals surface area contributed by atoms with E-state index >= 15 is 0 Å². The van der Waals surface area contributed by atoms with Gasteiger partial charge < -0.3 is 0 Å².